The summed E-state index contributed by atoms with van der Waals surface area (Å²) >= 11 is 0. The summed E-state index contributed by atoms with van der Waals surface area (Å²) in [6.07, 6.45) is 44.7. The van der Waals surface area contributed by atoms with Crippen LogP contribution in [-0.4, -0.2) is 34.9 Å². The van der Waals surface area contributed by atoms with Crippen molar-refractivity contribution in [3.63, 3.8) is 0 Å². The number of carbonyl (C=O) groups excluding carboxylic acids is 1. The van der Waals surface area contributed by atoms with E-state index in [2.05, 4.69) is 55.6 Å². The number of hydrogen-bond acceptors (Lipinski definition) is 3. The third kappa shape index (κ3) is 29.8. The molecule has 0 spiro atoms. The zero-order chi connectivity index (χ0) is 30.8. The minimum Gasteiger partial charge on any atom is -0.394 e. The van der Waals surface area contributed by atoms with E-state index < -0.39 is 12.1 Å². The molecular weight excluding hydrogens is 518 g/mol. The molecule has 0 aliphatic heterocycles. The Labute approximate surface area is 261 Å². The Balaban J connectivity index is 3.69. The van der Waals surface area contributed by atoms with Gasteiger partial charge in [0.1, 0.15) is 0 Å². The second-order valence-electron chi connectivity index (χ2n) is 11.9. The van der Waals surface area contributed by atoms with E-state index >= 15 is 0 Å². The average molecular weight is 588 g/mol. The van der Waals surface area contributed by atoms with Crippen LogP contribution in [0.5, 0.6) is 0 Å². The largest absolute Gasteiger partial charge is 0.394 e. The number of unbranched alkanes of at least 4 members (excludes halogenated alkanes) is 18. The molecule has 0 rings (SSSR count). The lowest BCUT2D eigenvalue weighted by Crippen LogP contribution is -2.45. The van der Waals surface area contributed by atoms with Crippen LogP contribution in [0.25, 0.3) is 0 Å². The monoisotopic (exact) mass is 588 g/mol. The highest BCUT2D eigenvalue weighted by Crippen LogP contribution is 2.11. The molecule has 2 atom stereocenters. The van der Waals surface area contributed by atoms with E-state index in [1.165, 1.54) is 103 Å². The van der Waals surface area contributed by atoms with Crippen molar-refractivity contribution < 1.29 is 15.0 Å². The van der Waals surface area contributed by atoms with Gasteiger partial charge in [0, 0.05) is 6.42 Å². The normalized spacial score (nSPS) is 13.7. The molecule has 0 bridgehead atoms. The molecule has 42 heavy (non-hydrogen) atoms. The summed E-state index contributed by atoms with van der Waals surface area (Å²) in [4.78, 5) is 12.3. The predicted molar refractivity (Wildman–Crippen MR) is 184 cm³/mol. The van der Waals surface area contributed by atoms with Gasteiger partial charge in [-0.1, -0.05) is 146 Å². The topological polar surface area (TPSA) is 69.6 Å². The number of allylic oxidation sites excluding steroid dienone is 7. The molecule has 0 heterocycles. The van der Waals surface area contributed by atoms with Gasteiger partial charge in [-0.2, -0.15) is 0 Å². The van der Waals surface area contributed by atoms with Crippen molar-refractivity contribution in [3.8, 4) is 0 Å². The van der Waals surface area contributed by atoms with Gasteiger partial charge in [0.05, 0.1) is 18.8 Å². The van der Waals surface area contributed by atoms with Gasteiger partial charge < -0.3 is 15.5 Å². The first-order valence-corrected chi connectivity index (χ1v) is 17.9. The summed E-state index contributed by atoms with van der Waals surface area (Å²) in [5.74, 6) is -0.0859. The molecule has 4 nitrogen and oxygen atoms in total. The fraction of sp³-hybridized carbons (Fsp3) is 0.763. The first-order valence-electron chi connectivity index (χ1n) is 17.9. The lowest BCUT2D eigenvalue weighted by Gasteiger charge is -2.19. The second-order valence-corrected chi connectivity index (χ2v) is 11.9. The molecule has 3 N–H and O–H groups in total. The third-order valence-corrected chi connectivity index (χ3v) is 7.78. The van der Waals surface area contributed by atoms with Gasteiger partial charge in [-0.05, 0) is 64.2 Å². The van der Waals surface area contributed by atoms with Crippen LogP contribution in [0.2, 0.25) is 0 Å². The van der Waals surface area contributed by atoms with Crippen LogP contribution in [0.3, 0.4) is 0 Å². The van der Waals surface area contributed by atoms with E-state index in [9.17, 15) is 15.0 Å². The first-order chi connectivity index (χ1) is 20.7. The SMILES string of the molecule is CCCCCC/C=C\C/C=C\CCCCCCCCCC(=O)NC(CO)C(O)/C=C/CC/C=C/CCCCCCCC. The molecule has 0 aromatic heterocycles. The molecule has 1 amide bonds. The summed E-state index contributed by atoms with van der Waals surface area (Å²) in [5.41, 5.74) is 0. The molecule has 0 fully saturated rings. The molecule has 0 aromatic carbocycles. The fourth-order valence-electron chi connectivity index (χ4n) is 4.99. The maximum atomic E-state index is 12.3. The Morgan fingerprint density at radius 2 is 1.00 bits per heavy atom. The van der Waals surface area contributed by atoms with Gasteiger partial charge in [0.2, 0.25) is 5.91 Å². The Hall–Kier alpha value is -1.65. The number of aliphatic hydroxyl groups excluding tert-OH is 2. The van der Waals surface area contributed by atoms with Crippen molar-refractivity contribution in [2.45, 2.75) is 180 Å². The molecule has 0 radical (unpaired) electrons. The molecule has 2 unspecified atom stereocenters. The quantitative estimate of drug-likeness (QED) is 0.0558. The zero-order valence-electron chi connectivity index (χ0n) is 27.8. The standard InChI is InChI=1S/C38H69NO3/c1-3-5-7-9-11-13-15-17-18-19-20-21-22-24-26-28-30-32-34-38(42)39-36(35-40)37(41)33-31-29-27-25-23-16-14-12-10-8-6-4-2/h13,15,18-19,23,25,31,33,36-37,40-41H,3-12,14,16-17,20-22,24,26-30,32,34-35H2,1-2H3,(H,39,42)/b15-13-,19-18-,25-23+,33-31+. The molecule has 0 saturated heterocycles. The van der Waals surface area contributed by atoms with E-state index in [0.717, 1.165) is 44.9 Å². The summed E-state index contributed by atoms with van der Waals surface area (Å²) < 4.78 is 0. The molecule has 0 aliphatic rings. The molecule has 0 saturated carbocycles. The van der Waals surface area contributed by atoms with Crippen molar-refractivity contribution in [2.24, 2.45) is 0 Å². The van der Waals surface area contributed by atoms with Gasteiger partial charge in [0.25, 0.3) is 0 Å². The van der Waals surface area contributed by atoms with Crippen molar-refractivity contribution in [1.82, 2.24) is 5.32 Å². The third-order valence-electron chi connectivity index (χ3n) is 7.78. The van der Waals surface area contributed by atoms with Crippen LogP contribution < -0.4 is 5.32 Å². The van der Waals surface area contributed by atoms with Crippen molar-refractivity contribution in [2.75, 3.05) is 6.61 Å². The smallest absolute Gasteiger partial charge is 0.220 e. The summed E-state index contributed by atoms with van der Waals surface area (Å²) in [6, 6.07) is -0.641. The van der Waals surface area contributed by atoms with E-state index in [1.807, 2.05) is 6.08 Å². The van der Waals surface area contributed by atoms with Crippen LogP contribution in [0.15, 0.2) is 48.6 Å². The predicted octanol–water partition coefficient (Wildman–Crippen LogP) is 10.5. The molecule has 4 heteroatoms. The minimum atomic E-state index is -0.863. The second kappa shape index (κ2) is 33.8. The highest BCUT2D eigenvalue weighted by Gasteiger charge is 2.17. The van der Waals surface area contributed by atoms with E-state index in [4.69, 9.17) is 0 Å². The van der Waals surface area contributed by atoms with E-state index in [-0.39, 0.29) is 12.5 Å². The summed E-state index contributed by atoms with van der Waals surface area (Å²) in [7, 11) is 0. The Bertz CT molecular complexity index is 682. The number of carbonyl (C=O) groups is 1. The lowest BCUT2D eigenvalue weighted by molar-refractivity contribution is -0.123. The Morgan fingerprint density at radius 3 is 1.55 bits per heavy atom. The van der Waals surface area contributed by atoms with Crippen LogP contribution in [0, 0.1) is 0 Å². The van der Waals surface area contributed by atoms with E-state index in [1.54, 1.807) is 6.08 Å². The highest BCUT2D eigenvalue weighted by atomic mass is 16.3. The van der Waals surface area contributed by atoms with Gasteiger partial charge in [-0.15, -0.1) is 0 Å². The van der Waals surface area contributed by atoms with Crippen LogP contribution >= 0.6 is 0 Å². The van der Waals surface area contributed by atoms with Crippen LogP contribution in [-0.2, 0) is 4.79 Å². The van der Waals surface area contributed by atoms with E-state index in [0.29, 0.717) is 6.42 Å². The molecule has 0 aromatic rings. The Morgan fingerprint density at radius 1 is 0.571 bits per heavy atom. The van der Waals surface area contributed by atoms with Crippen LogP contribution in [0.1, 0.15) is 168 Å². The number of rotatable bonds is 31. The van der Waals surface area contributed by atoms with Crippen molar-refractivity contribution >= 4 is 5.91 Å². The maximum Gasteiger partial charge on any atom is 0.220 e. The number of nitrogens with one attached hydrogen (secondary N) is 1. The van der Waals surface area contributed by atoms with Gasteiger partial charge >= 0.3 is 0 Å². The lowest BCUT2D eigenvalue weighted by atomic mass is 10.1. The highest BCUT2D eigenvalue weighted by molar-refractivity contribution is 5.76. The number of aliphatic hydroxyl groups is 2. The minimum absolute atomic E-state index is 0.0859. The molecular formula is C38H69NO3. The zero-order valence-corrected chi connectivity index (χ0v) is 27.8. The molecule has 0 aliphatic carbocycles. The average Bonchev–Trinajstić information content (AvgIpc) is 2.99. The van der Waals surface area contributed by atoms with Crippen LogP contribution in [0.4, 0.5) is 0 Å². The van der Waals surface area contributed by atoms with Gasteiger partial charge in [-0.3, -0.25) is 4.79 Å². The van der Waals surface area contributed by atoms with Crippen molar-refractivity contribution in [1.29, 1.82) is 0 Å². The van der Waals surface area contributed by atoms with Gasteiger partial charge in [0.15, 0.2) is 0 Å². The fourth-order valence-corrected chi connectivity index (χ4v) is 4.99. The first kappa shape index (κ1) is 40.4. The summed E-state index contributed by atoms with van der Waals surface area (Å²) in [5, 5.41) is 22.8. The molecule has 244 valence electrons. The number of amides is 1. The van der Waals surface area contributed by atoms with Gasteiger partial charge in [-0.25, -0.2) is 0 Å². The van der Waals surface area contributed by atoms with Crippen molar-refractivity contribution in [3.05, 3.63) is 48.6 Å². The Kier molecular flexibility index (Phi) is 32.5. The number of hydrogen-bond donors (Lipinski definition) is 3. The maximum absolute atomic E-state index is 12.3. The summed E-state index contributed by atoms with van der Waals surface area (Å²) in [6.45, 7) is 4.24.